The van der Waals surface area contributed by atoms with Gasteiger partial charge in [-0.2, -0.15) is 0 Å². The molecule has 1 atom stereocenters. The van der Waals surface area contributed by atoms with Crippen molar-refractivity contribution in [1.82, 2.24) is 14.5 Å². The third kappa shape index (κ3) is 5.63. The molecule has 1 aliphatic carbocycles. The second-order valence-corrected chi connectivity index (χ2v) is 13.9. The molecular formula is C48H41N3. The van der Waals surface area contributed by atoms with Crippen LogP contribution >= 0.6 is 0 Å². The summed E-state index contributed by atoms with van der Waals surface area (Å²) in [5.41, 5.74) is 16.3. The molecule has 0 saturated heterocycles. The highest BCUT2D eigenvalue weighted by Crippen LogP contribution is 2.46. The van der Waals surface area contributed by atoms with E-state index in [2.05, 4.69) is 164 Å². The Hall–Kier alpha value is -5.80. The molecule has 51 heavy (non-hydrogen) atoms. The summed E-state index contributed by atoms with van der Waals surface area (Å²) in [5, 5.41) is 2.62. The van der Waals surface area contributed by atoms with Crippen LogP contribution in [0.5, 0.6) is 0 Å². The molecule has 3 heteroatoms. The van der Waals surface area contributed by atoms with Gasteiger partial charge < -0.3 is 4.57 Å². The van der Waals surface area contributed by atoms with Crippen LogP contribution in [0.1, 0.15) is 54.1 Å². The lowest BCUT2D eigenvalue weighted by Gasteiger charge is -2.29. The Balaban J connectivity index is 1.13. The average molecular weight is 660 g/mol. The van der Waals surface area contributed by atoms with Crippen LogP contribution in [0.2, 0.25) is 0 Å². The normalized spacial score (nSPS) is 13.7. The van der Waals surface area contributed by atoms with E-state index >= 15 is 0 Å². The van der Waals surface area contributed by atoms with Crippen molar-refractivity contribution < 1.29 is 0 Å². The number of fused-ring (bicyclic) bond motifs is 7. The van der Waals surface area contributed by atoms with Gasteiger partial charge in [0.2, 0.25) is 0 Å². The highest BCUT2D eigenvalue weighted by atomic mass is 15.0. The standard InChI is InChI=1S/C48H41N3/c1-3-32-18-22-34(23-19-32)45-31-37(49-48(50-45)35-24-20-33(4-2)21-25-35)27-26-36-30-44-41(40-15-9-8-14-39(36)40)28-29-43-42-16-10-11-17-46(42)51(47(43)44)38-12-6-5-7-13-38/h5-25,28-29,31,36H,3-4,26-27,30H2,1-2H3. The fourth-order valence-electron chi connectivity index (χ4n) is 8.17. The molecule has 3 nitrogen and oxygen atoms in total. The van der Waals surface area contributed by atoms with Gasteiger partial charge in [0.1, 0.15) is 0 Å². The van der Waals surface area contributed by atoms with Gasteiger partial charge in [-0.15, -0.1) is 0 Å². The monoisotopic (exact) mass is 659 g/mol. The highest BCUT2D eigenvalue weighted by Gasteiger charge is 2.28. The molecule has 0 fully saturated rings. The Morgan fingerprint density at radius 2 is 1.29 bits per heavy atom. The van der Waals surface area contributed by atoms with Gasteiger partial charge in [0.05, 0.1) is 16.7 Å². The number of para-hydroxylation sites is 2. The average Bonchev–Trinajstić information content (AvgIpc) is 3.55. The molecule has 0 aliphatic heterocycles. The van der Waals surface area contributed by atoms with E-state index in [0.717, 1.165) is 60.4 Å². The van der Waals surface area contributed by atoms with Crippen molar-refractivity contribution in [3.63, 3.8) is 0 Å². The van der Waals surface area contributed by atoms with E-state index in [9.17, 15) is 0 Å². The van der Waals surface area contributed by atoms with Gasteiger partial charge in [-0.05, 0) is 95.7 Å². The predicted molar refractivity (Wildman–Crippen MR) is 213 cm³/mol. The smallest absolute Gasteiger partial charge is 0.160 e. The van der Waals surface area contributed by atoms with Gasteiger partial charge in [-0.3, -0.25) is 0 Å². The predicted octanol–water partition coefficient (Wildman–Crippen LogP) is 12.0. The van der Waals surface area contributed by atoms with Crippen LogP contribution in [0.4, 0.5) is 0 Å². The van der Waals surface area contributed by atoms with Crippen LogP contribution < -0.4 is 0 Å². The summed E-state index contributed by atoms with van der Waals surface area (Å²) in [5.74, 6) is 1.16. The summed E-state index contributed by atoms with van der Waals surface area (Å²) in [6.45, 7) is 4.39. The minimum atomic E-state index is 0.357. The number of hydrogen-bond acceptors (Lipinski definition) is 2. The Labute approximate surface area is 300 Å². The highest BCUT2D eigenvalue weighted by molar-refractivity contribution is 6.12. The summed E-state index contributed by atoms with van der Waals surface area (Å²) in [6.07, 6.45) is 4.89. The van der Waals surface area contributed by atoms with E-state index in [0.29, 0.717) is 5.92 Å². The summed E-state index contributed by atoms with van der Waals surface area (Å²) >= 11 is 0. The second-order valence-electron chi connectivity index (χ2n) is 13.9. The van der Waals surface area contributed by atoms with Crippen molar-refractivity contribution in [2.45, 2.75) is 51.9 Å². The summed E-state index contributed by atoms with van der Waals surface area (Å²) in [4.78, 5) is 10.3. The van der Waals surface area contributed by atoms with Crippen molar-refractivity contribution >= 4 is 21.8 Å². The van der Waals surface area contributed by atoms with Gasteiger partial charge in [-0.25, -0.2) is 9.97 Å². The lowest BCUT2D eigenvalue weighted by Crippen LogP contribution is -2.14. The number of hydrogen-bond donors (Lipinski definition) is 0. The van der Waals surface area contributed by atoms with Crippen LogP contribution in [0.15, 0.2) is 146 Å². The molecule has 0 spiro atoms. The zero-order chi connectivity index (χ0) is 34.3. The summed E-state index contributed by atoms with van der Waals surface area (Å²) in [7, 11) is 0. The Kier molecular flexibility index (Phi) is 8.05. The number of benzene rings is 6. The van der Waals surface area contributed by atoms with Gasteiger partial charge in [-0.1, -0.05) is 135 Å². The Bertz CT molecular complexity index is 2440. The first-order valence-electron chi connectivity index (χ1n) is 18.4. The molecule has 248 valence electrons. The third-order valence-corrected chi connectivity index (χ3v) is 10.9. The van der Waals surface area contributed by atoms with Crippen LogP contribution in [-0.2, 0) is 25.7 Å². The topological polar surface area (TPSA) is 30.7 Å². The minimum Gasteiger partial charge on any atom is -0.309 e. The maximum atomic E-state index is 5.22. The van der Waals surface area contributed by atoms with E-state index in [1.165, 1.54) is 60.9 Å². The van der Waals surface area contributed by atoms with Gasteiger partial charge in [0, 0.05) is 33.3 Å². The molecule has 2 heterocycles. The van der Waals surface area contributed by atoms with Crippen LogP contribution in [0.25, 0.3) is 61.3 Å². The maximum Gasteiger partial charge on any atom is 0.160 e. The molecule has 9 rings (SSSR count). The fourth-order valence-corrected chi connectivity index (χ4v) is 8.17. The SMILES string of the molecule is CCc1ccc(-c2cc(CCC3Cc4c(ccc5c6ccccc6n(-c6ccccc6)c45)-c4ccccc43)nc(-c3ccc(CC)cc3)n2)cc1. The number of aryl methyl sites for hydroxylation is 3. The van der Waals surface area contributed by atoms with E-state index in [1.807, 2.05) is 0 Å². The quantitative estimate of drug-likeness (QED) is 0.163. The maximum absolute atomic E-state index is 5.22. The molecule has 0 amide bonds. The second kappa shape index (κ2) is 13.2. The first kappa shape index (κ1) is 31.2. The molecule has 0 radical (unpaired) electrons. The number of aromatic nitrogens is 3. The molecule has 1 unspecified atom stereocenters. The Morgan fingerprint density at radius 1 is 0.608 bits per heavy atom. The number of rotatable bonds is 8. The van der Waals surface area contributed by atoms with Crippen molar-refractivity contribution in [3.8, 4) is 39.5 Å². The van der Waals surface area contributed by atoms with Gasteiger partial charge >= 0.3 is 0 Å². The summed E-state index contributed by atoms with van der Waals surface area (Å²) in [6, 6.07) is 53.3. The lowest BCUT2D eigenvalue weighted by atomic mass is 9.76. The molecule has 0 bridgehead atoms. The van der Waals surface area contributed by atoms with E-state index < -0.39 is 0 Å². The zero-order valence-corrected chi connectivity index (χ0v) is 29.3. The van der Waals surface area contributed by atoms with Crippen molar-refractivity contribution in [1.29, 1.82) is 0 Å². The van der Waals surface area contributed by atoms with Gasteiger partial charge in [0.25, 0.3) is 0 Å². The first-order valence-corrected chi connectivity index (χ1v) is 18.4. The molecule has 1 aliphatic rings. The van der Waals surface area contributed by atoms with Crippen molar-refractivity contribution in [3.05, 3.63) is 174 Å². The molecule has 8 aromatic rings. The minimum absolute atomic E-state index is 0.357. The van der Waals surface area contributed by atoms with Crippen molar-refractivity contribution in [2.24, 2.45) is 0 Å². The summed E-state index contributed by atoms with van der Waals surface area (Å²) < 4.78 is 2.49. The molecule has 0 N–H and O–H groups in total. The Morgan fingerprint density at radius 3 is 2.06 bits per heavy atom. The fraction of sp³-hybridized carbons (Fsp3) is 0.167. The van der Waals surface area contributed by atoms with E-state index in [4.69, 9.17) is 9.97 Å². The number of nitrogens with zero attached hydrogens (tertiary/aromatic N) is 3. The van der Waals surface area contributed by atoms with E-state index in [1.54, 1.807) is 0 Å². The third-order valence-electron chi connectivity index (χ3n) is 10.9. The van der Waals surface area contributed by atoms with Crippen LogP contribution in [0, 0.1) is 0 Å². The van der Waals surface area contributed by atoms with Crippen molar-refractivity contribution in [2.75, 3.05) is 0 Å². The zero-order valence-electron chi connectivity index (χ0n) is 29.3. The molecule has 6 aromatic carbocycles. The van der Waals surface area contributed by atoms with Crippen LogP contribution in [0.3, 0.4) is 0 Å². The molecule has 2 aromatic heterocycles. The van der Waals surface area contributed by atoms with Crippen LogP contribution in [-0.4, -0.2) is 14.5 Å². The largest absolute Gasteiger partial charge is 0.309 e. The first-order chi connectivity index (χ1) is 25.2. The molecule has 0 saturated carbocycles. The lowest BCUT2D eigenvalue weighted by molar-refractivity contribution is 0.611. The molecular weight excluding hydrogens is 619 g/mol. The van der Waals surface area contributed by atoms with E-state index in [-0.39, 0.29) is 0 Å². The van der Waals surface area contributed by atoms with Gasteiger partial charge in [0.15, 0.2) is 5.82 Å².